The first-order valence-electron chi connectivity index (χ1n) is 12.7. The molecule has 3 atom stereocenters. The number of nitrogens with one attached hydrogen (secondary N) is 1. The second-order valence-electron chi connectivity index (χ2n) is 10.4. The Kier molecular flexibility index (Phi) is 5.31. The van der Waals surface area contributed by atoms with Gasteiger partial charge in [0.2, 0.25) is 5.91 Å². The zero-order chi connectivity index (χ0) is 24.2. The lowest BCUT2D eigenvalue weighted by atomic mass is 9.89. The van der Waals surface area contributed by atoms with Crippen molar-refractivity contribution in [1.29, 1.82) is 0 Å². The van der Waals surface area contributed by atoms with Gasteiger partial charge in [-0.15, -0.1) is 0 Å². The number of carbonyl (C=O) groups is 3. The minimum absolute atomic E-state index is 0.0459. The standard InChI is InChI=1S/C28H30N2O5/c31-25(32)22-15-17-11-12-24(22)30(17)26(33)28(13-5-6-14-28)29-27(34)35-16-23-20-9-3-1-7-18(20)19-8-2-4-10-21(19)23/h1-4,7-10,17,22-24H,5-6,11-16H2,(H,29,34)(H,31,32). The molecule has 182 valence electrons. The van der Waals surface area contributed by atoms with Crippen molar-refractivity contribution < 1.29 is 24.2 Å². The van der Waals surface area contributed by atoms with Crippen molar-refractivity contribution in [3.8, 4) is 11.1 Å². The van der Waals surface area contributed by atoms with E-state index in [4.69, 9.17) is 4.74 Å². The molecule has 0 aromatic heterocycles. The summed E-state index contributed by atoms with van der Waals surface area (Å²) in [6, 6.07) is 16.0. The number of carbonyl (C=O) groups excluding carboxylic acids is 2. The van der Waals surface area contributed by atoms with E-state index in [0.29, 0.717) is 25.7 Å². The Labute approximate surface area is 204 Å². The number of alkyl carbamates (subject to hydrolysis) is 1. The molecule has 2 aliphatic carbocycles. The number of ether oxygens (including phenoxy) is 1. The normalized spacial score (nSPS) is 25.8. The van der Waals surface area contributed by atoms with Crippen LogP contribution in [0.5, 0.6) is 0 Å². The zero-order valence-corrected chi connectivity index (χ0v) is 19.6. The fourth-order valence-corrected chi connectivity index (χ4v) is 7.02. The van der Waals surface area contributed by atoms with Crippen molar-refractivity contribution in [2.75, 3.05) is 6.61 Å². The van der Waals surface area contributed by atoms with Crippen molar-refractivity contribution in [2.24, 2.45) is 5.92 Å². The molecular weight excluding hydrogens is 444 g/mol. The Morgan fingerprint density at radius 3 is 2.20 bits per heavy atom. The van der Waals surface area contributed by atoms with Gasteiger partial charge in [-0.1, -0.05) is 61.4 Å². The van der Waals surface area contributed by atoms with Crippen LogP contribution >= 0.6 is 0 Å². The maximum atomic E-state index is 13.8. The number of fused-ring (bicyclic) bond motifs is 5. The number of aliphatic carboxylic acids is 1. The van der Waals surface area contributed by atoms with E-state index in [0.717, 1.165) is 41.5 Å². The molecule has 2 aliphatic heterocycles. The molecule has 0 spiro atoms. The van der Waals surface area contributed by atoms with Gasteiger partial charge in [0.15, 0.2) is 0 Å². The predicted molar refractivity (Wildman–Crippen MR) is 129 cm³/mol. The average molecular weight is 475 g/mol. The van der Waals surface area contributed by atoms with Crippen LogP contribution in [0.15, 0.2) is 48.5 Å². The van der Waals surface area contributed by atoms with E-state index >= 15 is 0 Å². The number of nitrogens with zero attached hydrogens (tertiary/aromatic N) is 1. The third kappa shape index (κ3) is 3.51. The molecule has 1 saturated carbocycles. The van der Waals surface area contributed by atoms with Crippen molar-refractivity contribution in [3.63, 3.8) is 0 Å². The fourth-order valence-electron chi connectivity index (χ4n) is 7.02. The lowest BCUT2D eigenvalue weighted by Crippen LogP contribution is -2.59. The third-order valence-electron chi connectivity index (χ3n) is 8.64. The quantitative estimate of drug-likeness (QED) is 0.674. The van der Waals surface area contributed by atoms with Crippen molar-refractivity contribution in [1.82, 2.24) is 10.2 Å². The van der Waals surface area contributed by atoms with E-state index in [1.54, 1.807) is 4.90 Å². The first kappa shape index (κ1) is 22.1. The molecule has 35 heavy (non-hydrogen) atoms. The first-order chi connectivity index (χ1) is 17.0. The monoisotopic (exact) mass is 474 g/mol. The smallest absolute Gasteiger partial charge is 0.408 e. The van der Waals surface area contributed by atoms with E-state index in [-0.39, 0.29) is 30.5 Å². The van der Waals surface area contributed by atoms with Crippen LogP contribution in [-0.4, -0.2) is 52.2 Å². The maximum Gasteiger partial charge on any atom is 0.408 e. The van der Waals surface area contributed by atoms with Gasteiger partial charge in [-0.05, 0) is 54.4 Å². The minimum Gasteiger partial charge on any atom is -0.481 e. The second kappa shape index (κ2) is 8.40. The van der Waals surface area contributed by atoms with Crippen LogP contribution in [0, 0.1) is 5.92 Å². The van der Waals surface area contributed by atoms with Crippen LogP contribution in [0.1, 0.15) is 62.0 Å². The molecule has 2 aromatic carbocycles. The molecule has 2 saturated heterocycles. The van der Waals surface area contributed by atoms with Gasteiger partial charge in [0.05, 0.1) is 5.92 Å². The van der Waals surface area contributed by atoms with E-state index < -0.39 is 23.5 Å². The summed E-state index contributed by atoms with van der Waals surface area (Å²) in [6.07, 6.45) is 4.29. The predicted octanol–water partition coefficient (Wildman–Crippen LogP) is 4.30. The van der Waals surface area contributed by atoms with Crippen LogP contribution in [0.4, 0.5) is 4.79 Å². The highest BCUT2D eigenvalue weighted by molar-refractivity contribution is 5.92. The molecule has 2 heterocycles. The lowest BCUT2D eigenvalue weighted by Gasteiger charge is -2.35. The van der Waals surface area contributed by atoms with Gasteiger partial charge in [0, 0.05) is 18.0 Å². The molecule has 4 aliphatic rings. The topological polar surface area (TPSA) is 95.9 Å². The van der Waals surface area contributed by atoms with E-state index in [9.17, 15) is 19.5 Å². The molecule has 0 radical (unpaired) electrons. The number of carboxylic acid groups (broad SMARTS) is 1. The Morgan fingerprint density at radius 1 is 0.971 bits per heavy atom. The van der Waals surface area contributed by atoms with Gasteiger partial charge in [-0.3, -0.25) is 9.59 Å². The molecule has 7 heteroatoms. The van der Waals surface area contributed by atoms with Crippen molar-refractivity contribution >= 4 is 18.0 Å². The van der Waals surface area contributed by atoms with Crippen molar-refractivity contribution in [2.45, 2.75) is 68.5 Å². The number of hydrogen-bond acceptors (Lipinski definition) is 4. The van der Waals surface area contributed by atoms with Crippen LogP contribution in [0.25, 0.3) is 11.1 Å². The zero-order valence-electron chi connectivity index (χ0n) is 19.6. The summed E-state index contributed by atoms with van der Waals surface area (Å²) in [7, 11) is 0. The highest BCUT2D eigenvalue weighted by atomic mass is 16.5. The fraction of sp³-hybridized carbons (Fsp3) is 0.464. The summed E-state index contributed by atoms with van der Waals surface area (Å²) in [5.41, 5.74) is 3.61. The Hall–Kier alpha value is -3.35. The van der Waals surface area contributed by atoms with Crippen LogP contribution in [-0.2, 0) is 14.3 Å². The van der Waals surface area contributed by atoms with E-state index in [1.807, 2.05) is 24.3 Å². The van der Waals surface area contributed by atoms with Gasteiger partial charge >= 0.3 is 12.1 Å². The molecule has 6 rings (SSSR count). The summed E-state index contributed by atoms with van der Waals surface area (Å²) < 4.78 is 5.75. The molecule has 7 nitrogen and oxygen atoms in total. The van der Waals surface area contributed by atoms with E-state index in [2.05, 4.69) is 29.6 Å². The summed E-state index contributed by atoms with van der Waals surface area (Å²) in [6.45, 7) is 0.195. The third-order valence-corrected chi connectivity index (χ3v) is 8.64. The summed E-state index contributed by atoms with van der Waals surface area (Å²) in [4.78, 5) is 40.3. The number of hydrogen-bond donors (Lipinski definition) is 2. The number of amides is 2. The van der Waals surface area contributed by atoms with Crippen molar-refractivity contribution in [3.05, 3.63) is 59.7 Å². The molecule has 2 bridgehead atoms. The minimum atomic E-state index is -1.00. The average Bonchev–Trinajstić information content (AvgIpc) is 3.64. The summed E-state index contributed by atoms with van der Waals surface area (Å²) in [5, 5.41) is 12.5. The maximum absolute atomic E-state index is 13.8. The number of carboxylic acids is 1. The van der Waals surface area contributed by atoms with Gasteiger partial charge in [-0.2, -0.15) is 0 Å². The Morgan fingerprint density at radius 2 is 1.60 bits per heavy atom. The Bertz CT molecular complexity index is 1140. The summed E-state index contributed by atoms with van der Waals surface area (Å²) in [5.74, 6) is -1.51. The molecule has 2 aromatic rings. The van der Waals surface area contributed by atoms with Gasteiger partial charge in [0.1, 0.15) is 12.1 Å². The largest absolute Gasteiger partial charge is 0.481 e. The molecule has 2 N–H and O–H groups in total. The van der Waals surface area contributed by atoms with E-state index in [1.165, 1.54) is 0 Å². The summed E-state index contributed by atoms with van der Waals surface area (Å²) >= 11 is 0. The van der Waals surface area contributed by atoms with Gasteiger partial charge < -0.3 is 20.1 Å². The highest BCUT2D eigenvalue weighted by Crippen LogP contribution is 2.46. The molecule has 3 fully saturated rings. The van der Waals surface area contributed by atoms with Gasteiger partial charge in [0.25, 0.3) is 0 Å². The highest BCUT2D eigenvalue weighted by Gasteiger charge is 2.56. The molecule has 2 amide bonds. The van der Waals surface area contributed by atoms with Gasteiger partial charge in [-0.25, -0.2) is 4.79 Å². The Balaban J connectivity index is 1.18. The second-order valence-corrected chi connectivity index (χ2v) is 10.4. The molecular formula is C28H30N2O5. The SMILES string of the molecule is O=C(NC1(C(=O)N2C3CCC2C(C(=O)O)C3)CCCC1)OCC1c2ccccc2-c2ccccc21. The lowest BCUT2D eigenvalue weighted by molar-refractivity contribution is -0.144. The number of rotatable bonds is 5. The number of benzene rings is 2. The van der Waals surface area contributed by atoms with Crippen LogP contribution < -0.4 is 5.32 Å². The molecule has 3 unspecified atom stereocenters. The first-order valence-corrected chi connectivity index (χ1v) is 12.7. The van der Waals surface area contributed by atoms with Crippen LogP contribution in [0.2, 0.25) is 0 Å². The van der Waals surface area contributed by atoms with Crippen LogP contribution in [0.3, 0.4) is 0 Å².